The van der Waals surface area contributed by atoms with E-state index in [1.54, 1.807) is 36.4 Å². The molecule has 1 saturated heterocycles. The molecule has 0 aromatic heterocycles. The second-order valence-electron chi connectivity index (χ2n) is 11.0. The summed E-state index contributed by atoms with van der Waals surface area (Å²) in [7, 11) is -3.98. The van der Waals surface area contributed by atoms with E-state index in [0.29, 0.717) is 0 Å². The molecule has 0 saturated carbocycles. The summed E-state index contributed by atoms with van der Waals surface area (Å²) in [6.45, 7) is 5.12. The predicted octanol–water partition coefficient (Wildman–Crippen LogP) is 4.03. The van der Waals surface area contributed by atoms with E-state index < -0.39 is 51.9 Å². The van der Waals surface area contributed by atoms with Gasteiger partial charge >= 0.3 is 6.09 Å². The van der Waals surface area contributed by atoms with Gasteiger partial charge < -0.3 is 15.2 Å². The topological polar surface area (TPSA) is 116 Å². The number of sulfonamides is 1. The fourth-order valence-electron chi connectivity index (χ4n) is 4.76. The smallest absolute Gasteiger partial charge is 0.415 e. The number of anilines is 1. The summed E-state index contributed by atoms with van der Waals surface area (Å²) in [5.41, 5.74) is 1.69. The van der Waals surface area contributed by atoms with Crippen molar-refractivity contribution in [3.63, 3.8) is 0 Å². The van der Waals surface area contributed by atoms with Crippen LogP contribution in [0, 0.1) is 24.5 Å². The molecule has 230 valence electrons. The molecule has 43 heavy (non-hydrogen) atoms. The van der Waals surface area contributed by atoms with Crippen molar-refractivity contribution in [1.29, 1.82) is 0 Å². The van der Waals surface area contributed by atoms with Crippen LogP contribution >= 0.6 is 0 Å². The van der Waals surface area contributed by atoms with E-state index >= 15 is 0 Å². The van der Waals surface area contributed by atoms with Crippen LogP contribution in [0.25, 0.3) is 0 Å². The Balaban J connectivity index is 1.55. The molecule has 0 radical (unpaired) electrons. The molecule has 1 heterocycles. The van der Waals surface area contributed by atoms with E-state index in [0.717, 1.165) is 28.2 Å². The zero-order valence-electron chi connectivity index (χ0n) is 24.1. The summed E-state index contributed by atoms with van der Waals surface area (Å²) < 4.78 is 60.8. The Bertz CT molecular complexity index is 1540. The number of carbonyl (C=O) groups is 2. The standard InChI is InChI=1S/C31H35F2N3O6S/c1-20(2)17-35(43(40,41)24-12-9-21(3)10-13-24)18-28(37)27(15-22-7-5-4-6-8-22)34-30(38)29-19-36(31(39)42-29)23-11-14-25(32)26(33)16-23/h4-14,16,20,27-29,37H,15,17-19H2,1-3H3,(H,34,38)/t27-,28+,29-/m0/s1. The first-order valence-electron chi connectivity index (χ1n) is 13.9. The van der Waals surface area contributed by atoms with Crippen molar-refractivity contribution < 1.29 is 36.6 Å². The van der Waals surface area contributed by atoms with Crippen molar-refractivity contribution in [3.8, 4) is 0 Å². The quantitative estimate of drug-likeness (QED) is 0.318. The van der Waals surface area contributed by atoms with Gasteiger partial charge in [-0.2, -0.15) is 4.31 Å². The Morgan fingerprint density at radius 1 is 1.05 bits per heavy atom. The fraction of sp³-hybridized carbons (Fsp3) is 0.355. The third kappa shape index (κ3) is 7.95. The number of benzene rings is 3. The van der Waals surface area contributed by atoms with Gasteiger partial charge in [-0.1, -0.05) is 61.9 Å². The highest BCUT2D eigenvalue weighted by atomic mass is 32.2. The molecule has 3 atom stereocenters. The minimum atomic E-state index is -3.98. The van der Waals surface area contributed by atoms with Gasteiger partial charge in [0.15, 0.2) is 17.7 Å². The number of rotatable bonds is 12. The molecule has 0 spiro atoms. The Morgan fingerprint density at radius 3 is 2.35 bits per heavy atom. The largest absolute Gasteiger partial charge is 0.434 e. The van der Waals surface area contributed by atoms with Crippen molar-refractivity contribution >= 4 is 27.7 Å². The maximum atomic E-state index is 13.8. The first kappa shape index (κ1) is 32.1. The van der Waals surface area contributed by atoms with Gasteiger partial charge in [-0.15, -0.1) is 0 Å². The average Bonchev–Trinajstić information content (AvgIpc) is 3.36. The maximum Gasteiger partial charge on any atom is 0.415 e. The molecular formula is C31H35F2N3O6S. The molecule has 0 unspecified atom stereocenters. The molecule has 0 bridgehead atoms. The maximum absolute atomic E-state index is 13.8. The summed E-state index contributed by atoms with van der Waals surface area (Å²) in [6.07, 6.45) is -3.42. The molecule has 1 aliphatic rings. The zero-order valence-corrected chi connectivity index (χ0v) is 24.9. The number of carbonyl (C=O) groups excluding carboxylic acids is 2. The average molecular weight is 616 g/mol. The number of aryl methyl sites for hydroxylation is 1. The van der Waals surface area contributed by atoms with Gasteiger partial charge in [-0.25, -0.2) is 22.0 Å². The summed E-state index contributed by atoms with van der Waals surface area (Å²) >= 11 is 0. The van der Waals surface area contributed by atoms with E-state index in [2.05, 4.69) is 5.32 Å². The third-order valence-corrected chi connectivity index (χ3v) is 8.87. The van der Waals surface area contributed by atoms with Crippen LogP contribution in [0.4, 0.5) is 19.3 Å². The second kappa shape index (κ2) is 13.6. The number of amides is 2. The normalized spacial score (nSPS) is 16.8. The Hall–Kier alpha value is -3.87. The van der Waals surface area contributed by atoms with Crippen LogP contribution in [-0.2, 0) is 26.0 Å². The first-order valence-corrected chi connectivity index (χ1v) is 15.3. The van der Waals surface area contributed by atoms with Crippen molar-refractivity contribution in [3.05, 3.63) is 95.6 Å². The molecule has 4 rings (SSSR count). The minimum Gasteiger partial charge on any atom is -0.434 e. The molecule has 3 aromatic carbocycles. The SMILES string of the molecule is Cc1ccc(S(=O)(=O)N(CC(C)C)C[C@@H](O)[C@H](Cc2ccccc2)NC(=O)[C@@H]2CN(c3ccc(F)c(F)c3)C(=O)O2)cc1. The number of nitrogens with one attached hydrogen (secondary N) is 1. The highest BCUT2D eigenvalue weighted by Crippen LogP contribution is 2.24. The van der Waals surface area contributed by atoms with Crippen LogP contribution in [0.15, 0.2) is 77.7 Å². The second-order valence-corrected chi connectivity index (χ2v) is 12.9. The van der Waals surface area contributed by atoms with Crippen LogP contribution in [0.5, 0.6) is 0 Å². The number of halogens is 2. The van der Waals surface area contributed by atoms with E-state index in [4.69, 9.17) is 4.74 Å². The van der Waals surface area contributed by atoms with Crippen molar-refractivity contribution in [1.82, 2.24) is 9.62 Å². The number of hydrogen-bond acceptors (Lipinski definition) is 6. The number of aliphatic hydroxyl groups is 1. The monoisotopic (exact) mass is 615 g/mol. The fourth-order valence-corrected chi connectivity index (χ4v) is 6.38. The van der Waals surface area contributed by atoms with Gasteiger partial charge in [0.1, 0.15) is 0 Å². The lowest BCUT2D eigenvalue weighted by Gasteiger charge is -2.31. The number of aliphatic hydroxyl groups excluding tert-OH is 1. The first-order chi connectivity index (χ1) is 20.3. The van der Waals surface area contributed by atoms with Crippen molar-refractivity contribution in [2.75, 3.05) is 24.5 Å². The molecule has 0 aliphatic carbocycles. The molecule has 2 N–H and O–H groups in total. The lowest BCUT2D eigenvalue weighted by Crippen LogP contribution is -2.53. The third-order valence-electron chi connectivity index (χ3n) is 7.03. The molecule has 1 fully saturated rings. The molecular weight excluding hydrogens is 580 g/mol. The van der Waals surface area contributed by atoms with Gasteiger partial charge in [0.2, 0.25) is 10.0 Å². The lowest BCUT2D eigenvalue weighted by atomic mass is 10.0. The number of ether oxygens (including phenoxy) is 1. The Morgan fingerprint density at radius 2 is 1.72 bits per heavy atom. The van der Waals surface area contributed by atoms with E-state index in [1.165, 1.54) is 22.5 Å². The van der Waals surface area contributed by atoms with Crippen LogP contribution in [-0.4, -0.2) is 67.7 Å². The Kier molecular flexibility index (Phi) is 10.2. The van der Waals surface area contributed by atoms with Crippen LogP contribution in [0.1, 0.15) is 25.0 Å². The van der Waals surface area contributed by atoms with E-state index in [9.17, 15) is 31.9 Å². The molecule has 12 heteroatoms. The van der Waals surface area contributed by atoms with Crippen LogP contribution < -0.4 is 10.2 Å². The van der Waals surface area contributed by atoms with Gasteiger partial charge in [-0.05, 0) is 49.1 Å². The van der Waals surface area contributed by atoms with Crippen LogP contribution in [0.2, 0.25) is 0 Å². The van der Waals surface area contributed by atoms with Gasteiger partial charge in [-0.3, -0.25) is 9.69 Å². The van der Waals surface area contributed by atoms with Gasteiger partial charge in [0, 0.05) is 19.2 Å². The number of nitrogens with zero attached hydrogens (tertiary/aromatic N) is 2. The highest BCUT2D eigenvalue weighted by molar-refractivity contribution is 7.89. The zero-order chi connectivity index (χ0) is 31.3. The summed E-state index contributed by atoms with van der Waals surface area (Å²) in [5, 5.41) is 14.2. The van der Waals surface area contributed by atoms with Gasteiger partial charge in [0.25, 0.3) is 5.91 Å². The number of hydrogen-bond donors (Lipinski definition) is 2. The van der Waals surface area contributed by atoms with E-state index in [-0.39, 0.29) is 42.6 Å². The summed E-state index contributed by atoms with van der Waals surface area (Å²) in [6, 6.07) is 17.4. The predicted molar refractivity (Wildman–Crippen MR) is 157 cm³/mol. The van der Waals surface area contributed by atoms with Crippen molar-refractivity contribution in [2.24, 2.45) is 5.92 Å². The molecule has 2 amide bonds. The lowest BCUT2D eigenvalue weighted by molar-refractivity contribution is -0.129. The van der Waals surface area contributed by atoms with Crippen molar-refractivity contribution in [2.45, 2.75) is 50.3 Å². The highest BCUT2D eigenvalue weighted by Gasteiger charge is 2.39. The molecule has 1 aliphatic heterocycles. The molecule has 3 aromatic rings. The number of cyclic esters (lactones) is 1. The molecule has 9 nitrogen and oxygen atoms in total. The van der Waals surface area contributed by atoms with Crippen LogP contribution in [0.3, 0.4) is 0 Å². The van der Waals surface area contributed by atoms with E-state index in [1.807, 2.05) is 26.8 Å². The summed E-state index contributed by atoms with van der Waals surface area (Å²) in [5.74, 6) is -3.03. The Labute approximate surface area is 250 Å². The summed E-state index contributed by atoms with van der Waals surface area (Å²) in [4.78, 5) is 26.9. The van der Waals surface area contributed by atoms with Gasteiger partial charge in [0.05, 0.1) is 29.3 Å². The minimum absolute atomic E-state index is 0.0192.